The highest BCUT2D eigenvalue weighted by Gasteiger charge is 2.02. The summed E-state index contributed by atoms with van der Waals surface area (Å²) in [5.41, 5.74) is 7.76. The molecule has 0 aliphatic carbocycles. The minimum Gasteiger partial charge on any atom is -0.497 e. The van der Waals surface area contributed by atoms with Crippen LogP contribution in [0.2, 0.25) is 0 Å². The lowest BCUT2D eigenvalue weighted by molar-refractivity contribution is 0.184. The summed E-state index contributed by atoms with van der Waals surface area (Å²) >= 11 is 0. The van der Waals surface area contributed by atoms with Gasteiger partial charge < -0.3 is 15.2 Å². The number of methoxy groups -OCH3 is 2. The Morgan fingerprint density at radius 1 is 1.23 bits per heavy atom. The predicted octanol–water partition coefficient (Wildman–Crippen LogP) is 1.30. The van der Waals surface area contributed by atoms with Gasteiger partial charge >= 0.3 is 0 Å². The Kier molecular flexibility index (Phi) is 3.73. The summed E-state index contributed by atoms with van der Waals surface area (Å²) in [5, 5.41) is 0. The molecule has 0 radical (unpaired) electrons. The van der Waals surface area contributed by atoms with Crippen molar-refractivity contribution in [3.8, 4) is 5.75 Å². The Balaban J connectivity index is 2.95. The molecule has 0 aliphatic rings. The van der Waals surface area contributed by atoms with Gasteiger partial charge in [-0.25, -0.2) is 0 Å². The fraction of sp³-hybridized carbons (Fsp3) is 0.400. The Labute approximate surface area is 78.5 Å². The lowest BCUT2D eigenvalue weighted by Gasteiger charge is -2.08. The molecule has 2 N–H and O–H groups in total. The summed E-state index contributed by atoms with van der Waals surface area (Å²) in [5.74, 6) is 0.837. The van der Waals surface area contributed by atoms with Gasteiger partial charge in [-0.2, -0.15) is 0 Å². The molecule has 1 rings (SSSR count). The van der Waals surface area contributed by atoms with Gasteiger partial charge in [0.2, 0.25) is 0 Å². The van der Waals surface area contributed by atoms with Crippen molar-refractivity contribution < 1.29 is 9.47 Å². The molecule has 0 aromatic heterocycles. The Morgan fingerprint density at radius 3 is 2.54 bits per heavy atom. The third-order valence-corrected chi connectivity index (χ3v) is 1.93. The van der Waals surface area contributed by atoms with E-state index in [-0.39, 0.29) is 0 Å². The highest BCUT2D eigenvalue weighted by atomic mass is 16.5. The number of hydrogen-bond donors (Lipinski definition) is 1. The molecule has 13 heavy (non-hydrogen) atoms. The third kappa shape index (κ3) is 2.44. The molecule has 0 unspecified atom stereocenters. The van der Waals surface area contributed by atoms with Crippen molar-refractivity contribution in [3.63, 3.8) is 0 Å². The first-order valence-corrected chi connectivity index (χ1v) is 4.16. The van der Waals surface area contributed by atoms with Gasteiger partial charge in [0, 0.05) is 13.7 Å². The van der Waals surface area contributed by atoms with Crippen molar-refractivity contribution in [2.45, 2.75) is 13.2 Å². The second-order valence-electron chi connectivity index (χ2n) is 2.77. The van der Waals surface area contributed by atoms with E-state index in [1.54, 1.807) is 14.2 Å². The second-order valence-corrected chi connectivity index (χ2v) is 2.77. The number of ether oxygens (including phenoxy) is 2. The molecule has 0 heterocycles. The smallest absolute Gasteiger partial charge is 0.119 e. The van der Waals surface area contributed by atoms with Crippen molar-refractivity contribution in [1.82, 2.24) is 0 Å². The first kappa shape index (κ1) is 10.0. The van der Waals surface area contributed by atoms with E-state index < -0.39 is 0 Å². The molecule has 0 atom stereocenters. The van der Waals surface area contributed by atoms with E-state index in [1.165, 1.54) is 0 Å². The van der Waals surface area contributed by atoms with E-state index in [4.69, 9.17) is 15.2 Å². The second kappa shape index (κ2) is 4.84. The molecule has 0 fully saturated rings. The molecule has 0 aliphatic heterocycles. The van der Waals surface area contributed by atoms with Crippen LogP contribution in [0.4, 0.5) is 0 Å². The zero-order valence-electron chi connectivity index (χ0n) is 8.04. The van der Waals surface area contributed by atoms with Crippen LogP contribution < -0.4 is 10.5 Å². The van der Waals surface area contributed by atoms with Gasteiger partial charge in [-0.15, -0.1) is 0 Å². The van der Waals surface area contributed by atoms with Crippen LogP contribution in [0.1, 0.15) is 11.1 Å². The van der Waals surface area contributed by atoms with E-state index in [0.29, 0.717) is 13.2 Å². The van der Waals surface area contributed by atoms with Crippen LogP contribution in [0.25, 0.3) is 0 Å². The van der Waals surface area contributed by atoms with Crippen LogP contribution in [0.5, 0.6) is 5.75 Å². The van der Waals surface area contributed by atoms with E-state index in [9.17, 15) is 0 Å². The predicted molar refractivity (Wildman–Crippen MR) is 51.6 cm³/mol. The quantitative estimate of drug-likeness (QED) is 0.761. The number of rotatable bonds is 4. The summed E-state index contributed by atoms with van der Waals surface area (Å²) in [4.78, 5) is 0. The van der Waals surface area contributed by atoms with Gasteiger partial charge in [-0.3, -0.25) is 0 Å². The Morgan fingerprint density at radius 2 is 2.00 bits per heavy atom. The van der Waals surface area contributed by atoms with Crippen LogP contribution in [0.3, 0.4) is 0 Å². The van der Waals surface area contributed by atoms with Crippen molar-refractivity contribution in [2.24, 2.45) is 5.73 Å². The maximum absolute atomic E-state index is 5.58. The summed E-state index contributed by atoms with van der Waals surface area (Å²) in [6.45, 7) is 1.10. The molecule has 1 aromatic carbocycles. The molecule has 0 amide bonds. The number of nitrogens with two attached hydrogens (primary N) is 1. The first-order valence-electron chi connectivity index (χ1n) is 4.16. The average molecular weight is 181 g/mol. The zero-order chi connectivity index (χ0) is 9.68. The van der Waals surface area contributed by atoms with Crippen molar-refractivity contribution in [2.75, 3.05) is 14.2 Å². The van der Waals surface area contributed by atoms with E-state index >= 15 is 0 Å². The molecule has 0 spiro atoms. The molecule has 1 aromatic rings. The molecule has 3 heteroatoms. The van der Waals surface area contributed by atoms with Crippen LogP contribution in [-0.2, 0) is 17.9 Å². The molecule has 0 saturated heterocycles. The van der Waals surface area contributed by atoms with Gasteiger partial charge in [0.1, 0.15) is 5.75 Å². The minimum absolute atomic E-state index is 0.530. The van der Waals surface area contributed by atoms with Gasteiger partial charge in [-0.05, 0) is 23.3 Å². The summed E-state index contributed by atoms with van der Waals surface area (Å²) in [6, 6.07) is 5.82. The lowest BCUT2D eigenvalue weighted by atomic mass is 10.1. The molecular weight excluding hydrogens is 166 g/mol. The molecular formula is C10H15NO2. The zero-order valence-corrected chi connectivity index (χ0v) is 8.04. The van der Waals surface area contributed by atoms with Crippen molar-refractivity contribution in [1.29, 1.82) is 0 Å². The van der Waals surface area contributed by atoms with Gasteiger partial charge in [0.15, 0.2) is 0 Å². The Hall–Kier alpha value is -1.06. The van der Waals surface area contributed by atoms with E-state index in [1.807, 2.05) is 18.2 Å². The standard InChI is InChI=1S/C10H15NO2/c1-12-7-9-5-10(13-2)4-3-8(9)6-11/h3-5H,6-7,11H2,1-2H3. The van der Waals surface area contributed by atoms with Crippen LogP contribution in [0, 0.1) is 0 Å². The van der Waals surface area contributed by atoms with Gasteiger partial charge in [0.05, 0.1) is 13.7 Å². The first-order chi connectivity index (χ1) is 6.31. The SMILES string of the molecule is COCc1cc(OC)ccc1CN. The van der Waals surface area contributed by atoms with Crippen molar-refractivity contribution in [3.05, 3.63) is 29.3 Å². The Bertz CT molecular complexity index is 274. The van der Waals surface area contributed by atoms with Crippen LogP contribution >= 0.6 is 0 Å². The fourth-order valence-corrected chi connectivity index (χ4v) is 1.22. The highest BCUT2D eigenvalue weighted by Crippen LogP contribution is 2.17. The van der Waals surface area contributed by atoms with Gasteiger partial charge in [-0.1, -0.05) is 6.07 Å². The maximum Gasteiger partial charge on any atom is 0.119 e. The largest absolute Gasteiger partial charge is 0.497 e. The fourth-order valence-electron chi connectivity index (χ4n) is 1.22. The van der Waals surface area contributed by atoms with Crippen LogP contribution in [-0.4, -0.2) is 14.2 Å². The van der Waals surface area contributed by atoms with E-state index in [2.05, 4.69) is 0 Å². The number of hydrogen-bond acceptors (Lipinski definition) is 3. The molecule has 3 nitrogen and oxygen atoms in total. The van der Waals surface area contributed by atoms with Gasteiger partial charge in [0.25, 0.3) is 0 Å². The maximum atomic E-state index is 5.58. The topological polar surface area (TPSA) is 44.5 Å². The van der Waals surface area contributed by atoms with E-state index in [0.717, 1.165) is 16.9 Å². The summed E-state index contributed by atoms with van der Waals surface area (Å²) in [6.07, 6.45) is 0. The molecule has 0 saturated carbocycles. The third-order valence-electron chi connectivity index (χ3n) is 1.93. The monoisotopic (exact) mass is 181 g/mol. The minimum atomic E-state index is 0.530. The highest BCUT2D eigenvalue weighted by molar-refractivity contribution is 5.35. The lowest BCUT2D eigenvalue weighted by Crippen LogP contribution is -2.02. The summed E-state index contributed by atoms with van der Waals surface area (Å²) in [7, 11) is 3.31. The number of benzene rings is 1. The van der Waals surface area contributed by atoms with Crippen LogP contribution in [0.15, 0.2) is 18.2 Å². The summed E-state index contributed by atoms with van der Waals surface area (Å²) < 4.78 is 10.2. The average Bonchev–Trinajstić information content (AvgIpc) is 2.18. The van der Waals surface area contributed by atoms with Crippen molar-refractivity contribution >= 4 is 0 Å². The molecule has 0 bridgehead atoms. The normalized spacial score (nSPS) is 10.1. The molecule has 72 valence electrons.